The summed E-state index contributed by atoms with van der Waals surface area (Å²) in [5, 5.41) is 0.943. The van der Waals surface area contributed by atoms with Crippen molar-refractivity contribution in [1.29, 1.82) is 0 Å². The summed E-state index contributed by atoms with van der Waals surface area (Å²) in [7, 11) is -1.30. The van der Waals surface area contributed by atoms with Gasteiger partial charge in [0.15, 0.2) is 0 Å². The number of carbonyl (C=O) groups is 2. The zero-order valence-corrected chi connectivity index (χ0v) is 25.3. The van der Waals surface area contributed by atoms with E-state index in [0.29, 0.717) is 12.1 Å². The van der Waals surface area contributed by atoms with Crippen LogP contribution in [0.1, 0.15) is 79.0 Å². The molecule has 0 aliphatic carbocycles. The molecule has 3 heterocycles. The van der Waals surface area contributed by atoms with Gasteiger partial charge in [0, 0.05) is 30.2 Å². The van der Waals surface area contributed by atoms with Crippen molar-refractivity contribution in [1.82, 2.24) is 14.2 Å². The molecule has 214 valence electrons. The van der Waals surface area contributed by atoms with E-state index in [1.807, 2.05) is 72.7 Å². The smallest absolute Gasteiger partial charge is 0.419 e. The third-order valence-corrected chi connectivity index (χ3v) is 8.95. The fourth-order valence-electron chi connectivity index (χ4n) is 5.66. The van der Waals surface area contributed by atoms with Gasteiger partial charge >= 0.3 is 12.1 Å². The lowest BCUT2D eigenvalue weighted by atomic mass is 9.83. The largest absolute Gasteiger partial charge is 0.465 e. The Labute approximate surface area is 234 Å². The molecular weight excluding hydrogens is 514 g/mol. The summed E-state index contributed by atoms with van der Waals surface area (Å²) in [6.07, 6.45) is 3.16. The number of hydrogen-bond acceptors (Lipinski definition) is 6. The third kappa shape index (κ3) is 6.00. The standard InChI is InChI=1S/C30H43N3O5S/c1-9-37-27(34)24-25-20(19(2)31-39(36)30(6,7)8)14-12-17-32(25)18-16-22-21-13-10-11-15-23(21)33(26(22)24)28(35)38-29(3,4)5/h10-11,13-15,19,24-25,31H,9,12,16-18H2,1-8H3/t19-,24?,25+,39-/m1/s1. The molecule has 1 unspecified atom stereocenters. The number of aromatic nitrogens is 1. The van der Waals surface area contributed by atoms with Crippen molar-refractivity contribution in [2.45, 2.75) is 96.6 Å². The number of carbonyl (C=O) groups excluding carboxylic acids is 2. The maximum atomic E-state index is 13.9. The quantitative estimate of drug-likeness (QED) is 0.408. The van der Waals surface area contributed by atoms with E-state index in [0.717, 1.165) is 41.5 Å². The zero-order chi connectivity index (χ0) is 28.7. The van der Waals surface area contributed by atoms with Gasteiger partial charge in [-0.2, -0.15) is 0 Å². The molecule has 2 aliphatic rings. The number of para-hydroxylation sites is 1. The monoisotopic (exact) mass is 557 g/mol. The molecule has 1 N–H and O–H groups in total. The van der Waals surface area contributed by atoms with Gasteiger partial charge in [-0.1, -0.05) is 24.3 Å². The number of ether oxygens (including phenoxy) is 2. The fraction of sp³-hybridized carbons (Fsp3) is 0.600. The molecule has 0 saturated heterocycles. The highest BCUT2D eigenvalue weighted by Gasteiger charge is 2.46. The predicted molar refractivity (Wildman–Crippen MR) is 155 cm³/mol. The van der Waals surface area contributed by atoms with Crippen LogP contribution in [0.5, 0.6) is 0 Å². The number of fused-ring (bicyclic) bond motifs is 4. The lowest BCUT2D eigenvalue weighted by molar-refractivity contribution is -0.146. The molecule has 9 heteroatoms. The van der Waals surface area contributed by atoms with Gasteiger partial charge in [0.2, 0.25) is 0 Å². The van der Waals surface area contributed by atoms with E-state index < -0.39 is 33.3 Å². The molecule has 39 heavy (non-hydrogen) atoms. The van der Waals surface area contributed by atoms with Gasteiger partial charge in [-0.3, -0.25) is 9.69 Å². The lowest BCUT2D eigenvalue weighted by Gasteiger charge is -2.41. The number of rotatable bonds is 5. The summed E-state index contributed by atoms with van der Waals surface area (Å²) < 4.78 is 29.1. The Morgan fingerprint density at radius 1 is 1.13 bits per heavy atom. The third-order valence-electron chi connectivity index (χ3n) is 7.27. The van der Waals surface area contributed by atoms with E-state index >= 15 is 0 Å². The normalized spacial score (nSPS) is 21.8. The SMILES string of the molecule is CCOC(=O)C1c2c(c3ccccc3n2C(=O)OC(C)(C)C)CCN2CCC=C([C@@H](C)N[S@](=O)C(C)(C)C)[C@@H]12. The summed E-state index contributed by atoms with van der Waals surface area (Å²) in [6.45, 7) is 16.8. The van der Waals surface area contributed by atoms with E-state index in [4.69, 9.17) is 9.47 Å². The number of nitrogens with one attached hydrogen (secondary N) is 1. The highest BCUT2D eigenvalue weighted by atomic mass is 32.2. The Balaban J connectivity index is 1.93. The molecule has 0 fully saturated rings. The molecule has 0 bridgehead atoms. The predicted octanol–water partition coefficient (Wildman–Crippen LogP) is 5.07. The van der Waals surface area contributed by atoms with Crippen LogP contribution in [0.4, 0.5) is 4.79 Å². The number of benzene rings is 1. The maximum absolute atomic E-state index is 13.9. The summed E-state index contributed by atoms with van der Waals surface area (Å²) in [6, 6.07) is 7.16. The van der Waals surface area contributed by atoms with Crippen molar-refractivity contribution < 1.29 is 23.3 Å². The van der Waals surface area contributed by atoms with E-state index in [-0.39, 0.29) is 24.7 Å². The Bertz CT molecular complexity index is 1300. The first-order chi connectivity index (χ1) is 18.2. The molecule has 0 spiro atoms. The lowest BCUT2D eigenvalue weighted by Crippen LogP contribution is -2.51. The Morgan fingerprint density at radius 3 is 2.46 bits per heavy atom. The molecule has 2 aromatic rings. The Kier molecular flexibility index (Phi) is 8.45. The van der Waals surface area contributed by atoms with Gasteiger partial charge in [-0.05, 0) is 85.4 Å². The molecule has 0 saturated carbocycles. The minimum atomic E-state index is -1.30. The summed E-state index contributed by atoms with van der Waals surface area (Å²) >= 11 is 0. The van der Waals surface area contributed by atoms with Crippen molar-refractivity contribution in [3.05, 3.63) is 47.2 Å². The fourth-order valence-corrected chi connectivity index (χ4v) is 6.47. The first-order valence-electron chi connectivity index (χ1n) is 13.9. The Hall–Kier alpha value is -2.49. The first-order valence-corrected chi connectivity index (χ1v) is 15.0. The minimum Gasteiger partial charge on any atom is -0.465 e. The molecule has 0 radical (unpaired) electrons. The second-order valence-corrected chi connectivity index (χ2v) is 14.4. The van der Waals surface area contributed by atoms with Crippen LogP contribution >= 0.6 is 0 Å². The molecule has 2 aliphatic heterocycles. The summed E-state index contributed by atoms with van der Waals surface area (Å²) in [5.41, 5.74) is 2.61. The average Bonchev–Trinajstić information content (AvgIpc) is 3.05. The maximum Gasteiger partial charge on any atom is 0.419 e. The van der Waals surface area contributed by atoms with E-state index in [2.05, 4.69) is 15.7 Å². The van der Waals surface area contributed by atoms with Gasteiger partial charge in [0.25, 0.3) is 0 Å². The van der Waals surface area contributed by atoms with Gasteiger partial charge in [0.1, 0.15) is 11.5 Å². The summed E-state index contributed by atoms with van der Waals surface area (Å²) in [5.74, 6) is -1.14. The summed E-state index contributed by atoms with van der Waals surface area (Å²) in [4.78, 5) is 30.0. The van der Waals surface area contributed by atoms with Crippen LogP contribution < -0.4 is 4.72 Å². The van der Waals surface area contributed by atoms with Crippen molar-refractivity contribution >= 4 is 34.0 Å². The van der Waals surface area contributed by atoms with E-state index in [1.54, 1.807) is 11.5 Å². The number of nitrogens with zero attached hydrogens (tertiary/aromatic N) is 2. The minimum absolute atomic E-state index is 0.227. The molecule has 0 amide bonds. The molecular formula is C30H43N3O5S. The second kappa shape index (κ2) is 11.2. The van der Waals surface area contributed by atoms with Gasteiger partial charge in [-0.25, -0.2) is 18.3 Å². The van der Waals surface area contributed by atoms with Gasteiger partial charge in [-0.15, -0.1) is 0 Å². The van der Waals surface area contributed by atoms with Crippen LogP contribution in [0.15, 0.2) is 35.9 Å². The molecule has 4 rings (SSSR count). The molecule has 1 aromatic carbocycles. The van der Waals surface area contributed by atoms with Crippen LogP contribution in [-0.2, 0) is 31.7 Å². The van der Waals surface area contributed by atoms with Gasteiger partial charge in [0.05, 0.1) is 33.9 Å². The highest BCUT2D eigenvalue weighted by molar-refractivity contribution is 7.84. The number of esters is 1. The van der Waals surface area contributed by atoms with E-state index in [1.165, 1.54) is 0 Å². The molecule has 8 nitrogen and oxygen atoms in total. The van der Waals surface area contributed by atoms with Crippen LogP contribution in [0.2, 0.25) is 0 Å². The van der Waals surface area contributed by atoms with Crippen LogP contribution in [0.3, 0.4) is 0 Å². The number of hydrogen-bond donors (Lipinski definition) is 1. The van der Waals surface area contributed by atoms with Crippen molar-refractivity contribution in [2.75, 3.05) is 19.7 Å². The molecule has 1 aromatic heterocycles. The second-order valence-electron chi connectivity index (χ2n) is 12.4. The van der Waals surface area contributed by atoms with Crippen LogP contribution in [0.25, 0.3) is 10.9 Å². The molecule has 4 atom stereocenters. The van der Waals surface area contributed by atoms with Crippen molar-refractivity contribution in [2.24, 2.45) is 0 Å². The van der Waals surface area contributed by atoms with Crippen LogP contribution in [0, 0.1) is 0 Å². The topological polar surface area (TPSA) is 89.9 Å². The van der Waals surface area contributed by atoms with Crippen molar-refractivity contribution in [3.63, 3.8) is 0 Å². The van der Waals surface area contributed by atoms with Gasteiger partial charge < -0.3 is 9.47 Å². The average molecular weight is 558 g/mol. The van der Waals surface area contributed by atoms with Crippen molar-refractivity contribution in [3.8, 4) is 0 Å². The zero-order valence-electron chi connectivity index (χ0n) is 24.5. The first kappa shape index (κ1) is 29.5. The highest BCUT2D eigenvalue weighted by Crippen LogP contribution is 2.42. The van der Waals surface area contributed by atoms with E-state index in [9.17, 15) is 13.8 Å². The Morgan fingerprint density at radius 2 is 1.82 bits per heavy atom. The van der Waals surface area contributed by atoms with Crippen LogP contribution in [-0.4, -0.2) is 67.9 Å².